The third-order valence-electron chi connectivity index (χ3n) is 9.01. The maximum absolute atomic E-state index is 12.9. The standard InChI is InChI=1S/C39H51ClO3/c1-3-5-7-9-10-12-28-42-35-23-18-31(19-24-35)32-20-25-36(26-21-32)43-39(41)34-22-27-37(38(40)29-34)33-16-14-30(15-17-33)13-11-8-6-4-2/h18-27,29-30,33H,3-17,28H2,1-2H3. The number of hydrogen-bond acceptors (Lipinski definition) is 3. The molecule has 3 nitrogen and oxygen atoms in total. The van der Waals surface area contributed by atoms with Gasteiger partial charge in [0.15, 0.2) is 0 Å². The van der Waals surface area contributed by atoms with Gasteiger partial charge in [-0.3, -0.25) is 0 Å². The summed E-state index contributed by atoms with van der Waals surface area (Å²) in [5.41, 5.74) is 3.81. The molecule has 0 bridgehead atoms. The first-order chi connectivity index (χ1) is 21.1. The number of hydrogen-bond donors (Lipinski definition) is 0. The van der Waals surface area contributed by atoms with Gasteiger partial charge >= 0.3 is 5.97 Å². The van der Waals surface area contributed by atoms with Crippen molar-refractivity contribution in [3.8, 4) is 22.6 Å². The van der Waals surface area contributed by atoms with E-state index in [0.29, 0.717) is 22.3 Å². The fourth-order valence-corrected chi connectivity index (χ4v) is 6.64. The molecule has 43 heavy (non-hydrogen) atoms. The van der Waals surface area contributed by atoms with Crippen LogP contribution >= 0.6 is 11.6 Å². The molecule has 1 aliphatic rings. The molecule has 1 fully saturated rings. The average molecular weight is 603 g/mol. The molecule has 0 heterocycles. The highest BCUT2D eigenvalue weighted by Crippen LogP contribution is 2.40. The van der Waals surface area contributed by atoms with Crippen LogP contribution in [0.1, 0.15) is 132 Å². The summed E-state index contributed by atoms with van der Waals surface area (Å²) in [4.78, 5) is 12.9. The highest BCUT2D eigenvalue weighted by molar-refractivity contribution is 6.31. The van der Waals surface area contributed by atoms with E-state index in [4.69, 9.17) is 21.1 Å². The SMILES string of the molecule is CCCCCCCCOc1ccc(-c2ccc(OC(=O)c3ccc(C4CCC(CCCCCC)CC4)c(Cl)c3)cc2)cc1. The number of halogens is 1. The molecule has 0 amide bonds. The molecule has 0 aliphatic heterocycles. The van der Waals surface area contributed by atoms with Gasteiger partial charge in [0, 0.05) is 5.02 Å². The topological polar surface area (TPSA) is 35.5 Å². The molecule has 0 radical (unpaired) electrons. The van der Waals surface area contributed by atoms with E-state index >= 15 is 0 Å². The van der Waals surface area contributed by atoms with Crippen LogP contribution in [0.3, 0.4) is 0 Å². The van der Waals surface area contributed by atoms with E-state index in [-0.39, 0.29) is 5.97 Å². The fraction of sp³-hybridized carbons (Fsp3) is 0.513. The molecule has 3 aromatic carbocycles. The van der Waals surface area contributed by atoms with Crippen LogP contribution in [-0.4, -0.2) is 12.6 Å². The van der Waals surface area contributed by atoms with E-state index in [1.807, 2.05) is 48.5 Å². The second kappa shape index (κ2) is 18.1. The van der Waals surface area contributed by atoms with Crippen LogP contribution in [0.5, 0.6) is 11.5 Å². The highest BCUT2D eigenvalue weighted by Gasteiger charge is 2.24. The Morgan fingerprint density at radius 3 is 1.91 bits per heavy atom. The third kappa shape index (κ3) is 10.7. The van der Waals surface area contributed by atoms with Crippen molar-refractivity contribution in [3.05, 3.63) is 82.9 Å². The van der Waals surface area contributed by atoms with E-state index in [1.54, 1.807) is 6.07 Å². The van der Waals surface area contributed by atoms with Crippen LogP contribution in [0.4, 0.5) is 0 Å². The molecule has 0 unspecified atom stereocenters. The lowest BCUT2D eigenvalue weighted by Gasteiger charge is -2.29. The van der Waals surface area contributed by atoms with Crippen LogP contribution in [0, 0.1) is 5.92 Å². The van der Waals surface area contributed by atoms with Gasteiger partial charge in [0.25, 0.3) is 0 Å². The maximum atomic E-state index is 12.9. The zero-order valence-electron chi connectivity index (χ0n) is 26.4. The minimum Gasteiger partial charge on any atom is -0.494 e. The van der Waals surface area contributed by atoms with Crippen LogP contribution in [-0.2, 0) is 0 Å². The summed E-state index contributed by atoms with van der Waals surface area (Å²) in [6.45, 7) is 5.28. The molecule has 1 saturated carbocycles. The molecule has 1 aliphatic carbocycles. The Balaban J connectivity index is 1.23. The van der Waals surface area contributed by atoms with E-state index in [9.17, 15) is 4.79 Å². The lowest BCUT2D eigenvalue weighted by Crippen LogP contribution is -2.14. The van der Waals surface area contributed by atoms with Crippen LogP contribution in [0.15, 0.2) is 66.7 Å². The van der Waals surface area contributed by atoms with Gasteiger partial charge in [-0.05, 0) is 97.0 Å². The number of rotatable bonds is 17. The van der Waals surface area contributed by atoms with Crippen molar-refractivity contribution < 1.29 is 14.3 Å². The summed E-state index contributed by atoms with van der Waals surface area (Å²) >= 11 is 6.71. The summed E-state index contributed by atoms with van der Waals surface area (Å²) < 4.78 is 11.6. The summed E-state index contributed by atoms with van der Waals surface area (Å²) in [6, 6.07) is 21.5. The van der Waals surface area contributed by atoms with E-state index < -0.39 is 0 Å². The van der Waals surface area contributed by atoms with E-state index in [0.717, 1.165) is 35.8 Å². The van der Waals surface area contributed by atoms with Gasteiger partial charge in [0.05, 0.1) is 12.2 Å². The Bertz CT molecular complexity index is 1230. The predicted molar refractivity (Wildman–Crippen MR) is 181 cm³/mol. The second-order valence-electron chi connectivity index (χ2n) is 12.4. The largest absolute Gasteiger partial charge is 0.494 e. The first kappa shape index (κ1) is 33.1. The first-order valence-electron chi connectivity index (χ1n) is 16.9. The Hall–Kier alpha value is -2.78. The summed E-state index contributed by atoms with van der Waals surface area (Å²) in [7, 11) is 0. The number of carbonyl (C=O) groups is 1. The van der Waals surface area contributed by atoms with Crippen molar-refractivity contribution in [2.75, 3.05) is 6.61 Å². The molecule has 0 aromatic heterocycles. The normalized spacial score (nSPS) is 16.6. The zero-order valence-corrected chi connectivity index (χ0v) is 27.2. The Labute approximate surface area is 265 Å². The molecule has 3 aromatic rings. The molecule has 0 N–H and O–H groups in total. The molecule has 232 valence electrons. The Morgan fingerprint density at radius 2 is 1.28 bits per heavy atom. The maximum Gasteiger partial charge on any atom is 0.343 e. The van der Waals surface area contributed by atoms with Crippen molar-refractivity contribution >= 4 is 17.6 Å². The zero-order chi connectivity index (χ0) is 30.3. The summed E-state index contributed by atoms with van der Waals surface area (Å²) in [5, 5.41) is 0.676. The van der Waals surface area contributed by atoms with Gasteiger partial charge in [-0.25, -0.2) is 4.79 Å². The van der Waals surface area contributed by atoms with Gasteiger partial charge < -0.3 is 9.47 Å². The van der Waals surface area contributed by atoms with Gasteiger partial charge in [-0.1, -0.05) is 120 Å². The monoisotopic (exact) mass is 602 g/mol. The van der Waals surface area contributed by atoms with E-state index in [2.05, 4.69) is 26.0 Å². The van der Waals surface area contributed by atoms with Crippen molar-refractivity contribution in [2.45, 2.75) is 116 Å². The average Bonchev–Trinajstić information content (AvgIpc) is 3.04. The van der Waals surface area contributed by atoms with Crippen molar-refractivity contribution in [1.82, 2.24) is 0 Å². The van der Waals surface area contributed by atoms with Gasteiger partial charge in [0.1, 0.15) is 11.5 Å². The van der Waals surface area contributed by atoms with Gasteiger partial charge in [-0.2, -0.15) is 0 Å². The smallest absolute Gasteiger partial charge is 0.343 e. The lowest BCUT2D eigenvalue weighted by molar-refractivity contribution is 0.0734. The van der Waals surface area contributed by atoms with Gasteiger partial charge in [-0.15, -0.1) is 0 Å². The molecule has 0 atom stereocenters. The number of esters is 1. The van der Waals surface area contributed by atoms with Crippen LogP contribution < -0.4 is 9.47 Å². The summed E-state index contributed by atoms with van der Waals surface area (Å²) in [5.74, 6) is 2.38. The van der Waals surface area contributed by atoms with Crippen LogP contribution in [0.25, 0.3) is 11.1 Å². The molecule has 4 rings (SSSR count). The molecule has 0 spiro atoms. The van der Waals surface area contributed by atoms with Crippen LogP contribution in [0.2, 0.25) is 5.02 Å². The van der Waals surface area contributed by atoms with E-state index in [1.165, 1.54) is 95.5 Å². The number of benzene rings is 3. The molecular formula is C39H51ClO3. The molecule has 0 saturated heterocycles. The lowest BCUT2D eigenvalue weighted by atomic mass is 9.77. The fourth-order valence-electron chi connectivity index (χ4n) is 6.30. The number of carbonyl (C=O) groups excluding carboxylic acids is 1. The Kier molecular flexibility index (Phi) is 14.0. The highest BCUT2D eigenvalue weighted by atomic mass is 35.5. The van der Waals surface area contributed by atoms with Crippen molar-refractivity contribution in [1.29, 1.82) is 0 Å². The number of unbranched alkanes of at least 4 members (excludes halogenated alkanes) is 8. The van der Waals surface area contributed by atoms with Crippen molar-refractivity contribution in [3.63, 3.8) is 0 Å². The molecule has 4 heteroatoms. The van der Waals surface area contributed by atoms with Gasteiger partial charge in [0.2, 0.25) is 0 Å². The van der Waals surface area contributed by atoms with Crippen molar-refractivity contribution in [2.24, 2.45) is 5.92 Å². The second-order valence-corrected chi connectivity index (χ2v) is 12.8. The predicted octanol–water partition coefficient (Wildman–Crippen LogP) is 12.2. The number of ether oxygens (including phenoxy) is 2. The quantitative estimate of drug-likeness (QED) is 0.0875. The minimum atomic E-state index is -0.385. The third-order valence-corrected chi connectivity index (χ3v) is 9.34. The molecular weight excluding hydrogens is 552 g/mol. The minimum absolute atomic E-state index is 0.385. The Morgan fingerprint density at radius 1 is 0.698 bits per heavy atom. The summed E-state index contributed by atoms with van der Waals surface area (Å²) in [6.07, 6.45) is 19.2. The first-order valence-corrected chi connectivity index (χ1v) is 17.3.